The number of aromatic nitrogens is 1. The summed E-state index contributed by atoms with van der Waals surface area (Å²) >= 11 is 0. The molecule has 3 rings (SSSR count). The highest BCUT2D eigenvalue weighted by Crippen LogP contribution is 2.28. The highest BCUT2D eigenvalue weighted by atomic mass is 16.5. The molecule has 8 heteroatoms. The zero-order chi connectivity index (χ0) is 20.8. The number of nitrogens with one attached hydrogen (secondary N) is 3. The molecular weight excluding hydrogens is 374 g/mol. The summed E-state index contributed by atoms with van der Waals surface area (Å²) in [4.78, 5) is 28.0. The van der Waals surface area contributed by atoms with Crippen molar-refractivity contribution in [2.45, 2.75) is 12.5 Å². The second kappa shape index (κ2) is 9.01. The predicted octanol–water partition coefficient (Wildman–Crippen LogP) is 3.09. The number of esters is 1. The predicted molar refractivity (Wildman–Crippen MR) is 110 cm³/mol. The van der Waals surface area contributed by atoms with Gasteiger partial charge in [-0.3, -0.25) is 0 Å². The summed E-state index contributed by atoms with van der Waals surface area (Å²) in [5.41, 5.74) is 2.27. The van der Waals surface area contributed by atoms with Gasteiger partial charge >= 0.3 is 12.0 Å². The van der Waals surface area contributed by atoms with Gasteiger partial charge in [-0.25, -0.2) is 9.59 Å². The second-order valence-electron chi connectivity index (χ2n) is 6.30. The molecule has 0 saturated heterocycles. The average Bonchev–Trinajstić information content (AvgIpc) is 3.15. The molecule has 152 valence electrons. The Hall–Kier alpha value is -3.68. The van der Waals surface area contributed by atoms with Crippen molar-refractivity contribution in [2.24, 2.45) is 0 Å². The molecule has 0 spiro atoms. The van der Waals surface area contributed by atoms with Gasteiger partial charge in [0.15, 0.2) is 0 Å². The summed E-state index contributed by atoms with van der Waals surface area (Å²) < 4.78 is 15.3. The molecule has 0 fully saturated rings. The van der Waals surface area contributed by atoms with Gasteiger partial charge in [-0.05, 0) is 23.8 Å². The third-order valence-corrected chi connectivity index (χ3v) is 4.54. The van der Waals surface area contributed by atoms with E-state index in [1.165, 1.54) is 21.3 Å². The number of urea groups is 1. The lowest BCUT2D eigenvalue weighted by Gasteiger charge is -2.18. The largest absolute Gasteiger partial charge is 0.497 e. The van der Waals surface area contributed by atoms with Crippen molar-refractivity contribution in [3.05, 3.63) is 54.2 Å². The number of rotatable bonds is 7. The maximum Gasteiger partial charge on any atom is 0.328 e. The van der Waals surface area contributed by atoms with E-state index >= 15 is 0 Å². The van der Waals surface area contributed by atoms with Crippen LogP contribution in [0.25, 0.3) is 10.9 Å². The van der Waals surface area contributed by atoms with Gasteiger partial charge in [-0.15, -0.1) is 0 Å². The number of carbonyl (C=O) groups is 2. The van der Waals surface area contributed by atoms with E-state index in [0.717, 1.165) is 16.5 Å². The first-order chi connectivity index (χ1) is 14.0. The number of benzene rings is 2. The molecule has 0 aliphatic carbocycles. The van der Waals surface area contributed by atoms with Crippen LogP contribution in [-0.4, -0.2) is 44.4 Å². The highest BCUT2D eigenvalue weighted by molar-refractivity contribution is 5.94. The van der Waals surface area contributed by atoms with Crippen molar-refractivity contribution >= 4 is 28.6 Å². The van der Waals surface area contributed by atoms with Crippen LogP contribution < -0.4 is 20.1 Å². The summed E-state index contributed by atoms with van der Waals surface area (Å²) in [6.07, 6.45) is 2.10. The number of aromatic amines is 1. The van der Waals surface area contributed by atoms with Crippen LogP contribution in [0.5, 0.6) is 11.5 Å². The van der Waals surface area contributed by atoms with Crippen LogP contribution in [0.3, 0.4) is 0 Å². The Morgan fingerprint density at radius 1 is 1.07 bits per heavy atom. The van der Waals surface area contributed by atoms with E-state index in [-0.39, 0.29) is 6.42 Å². The molecule has 1 heterocycles. The number of ether oxygens (including phenoxy) is 3. The highest BCUT2D eigenvalue weighted by Gasteiger charge is 2.24. The van der Waals surface area contributed by atoms with Crippen molar-refractivity contribution in [1.82, 2.24) is 10.3 Å². The van der Waals surface area contributed by atoms with Crippen molar-refractivity contribution in [2.75, 3.05) is 26.6 Å². The monoisotopic (exact) mass is 397 g/mol. The molecular formula is C21H23N3O5. The fourth-order valence-electron chi connectivity index (χ4n) is 3.08. The van der Waals surface area contributed by atoms with Crippen LogP contribution in [0, 0.1) is 0 Å². The molecule has 2 amide bonds. The van der Waals surface area contributed by atoms with Crippen LogP contribution in [0.15, 0.2) is 48.7 Å². The smallest absolute Gasteiger partial charge is 0.328 e. The summed E-state index contributed by atoms with van der Waals surface area (Å²) in [5, 5.41) is 6.35. The standard InChI is InChI=1S/C21H23N3O5/c1-27-14-8-9-19(28-2)17(11-14)23-21(26)24-18(20(25)29-3)10-13-12-22-16-7-5-4-6-15(13)16/h4-9,11-12,18,22H,10H2,1-3H3,(H2,23,24,26)/t18-/m0/s1. The van der Waals surface area contributed by atoms with E-state index in [1.807, 2.05) is 30.5 Å². The maximum atomic E-state index is 12.6. The van der Waals surface area contributed by atoms with Gasteiger partial charge < -0.3 is 29.8 Å². The van der Waals surface area contributed by atoms with Crippen LogP contribution in [0.4, 0.5) is 10.5 Å². The van der Waals surface area contributed by atoms with E-state index < -0.39 is 18.0 Å². The average molecular weight is 397 g/mol. The number of para-hydroxylation sites is 1. The summed E-state index contributed by atoms with van der Waals surface area (Å²) in [5.74, 6) is 0.486. The summed E-state index contributed by atoms with van der Waals surface area (Å²) in [6.45, 7) is 0. The van der Waals surface area contributed by atoms with Gasteiger partial charge in [-0.2, -0.15) is 0 Å². The molecule has 1 aromatic heterocycles. The van der Waals surface area contributed by atoms with Crippen LogP contribution in [0.1, 0.15) is 5.56 Å². The van der Waals surface area contributed by atoms with E-state index in [9.17, 15) is 9.59 Å². The Morgan fingerprint density at radius 3 is 2.59 bits per heavy atom. The molecule has 3 aromatic rings. The van der Waals surface area contributed by atoms with Gasteiger partial charge in [-0.1, -0.05) is 18.2 Å². The quantitative estimate of drug-likeness (QED) is 0.532. The molecule has 0 saturated carbocycles. The molecule has 0 unspecified atom stereocenters. The van der Waals surface area contributed by atoms with Crippen LogP contribution >= 0.6 is 0 Å². The Morgan fingerprint density at radius 2 is 1.86 bits per heavy atom. The number of anilines is 1. The third kappa shape index (κ3) is 4.60. The lowest BCUT2D eigenvalue weighted by atomic mass is 10.1. The third-order valence-electron chi connectivity index (χ3n) is 4.54. The minimum absolute atomic E-state index is 0.277. The lowest BCUT2D eigenvalue weighted by Crippen LogP contribution is -2.45. The topological polar surface area (TPSA) is 102 Å². The SMILES string of the molecule is COC(=O)[C@H](Cc1c[nH]c2ccccc12)NC(=O)Nc1cc(OC)ccc1OC. The van der Waals surface area contributed by atoms with E-state index in [1.54, 1.807) is 18.2 Å². The fourth-order valence-corrected chi connectivity index (χ4v) is 3.08. The number of carbonyl (C=O) groups excluding carboxylic acids is 2. The molecule has 1 atom stereocenters. The molecule has 0 bridgehead atoms. The lowest BCUT2D eigenvalue weighted by molar-refractivity contribution is -0.142. The summed E-state index contributed by atoms with van der Waals surface area (Å²) in [6, 6.07) is 11.3. The van der Waals surface area contributed by atoms with Crippen molar-refractivity contribution in [3.63, 3.8) is 0 Å². The van der Waals surface area contributed by atoms with Gasteiger partial charge in [0.2, 0.25) is 0 Å². The van der Waals surface area contributed by atoms with Crippen LogP contribution in [0.2, 0.25) is 0 Å². The fraction of sp³-hybridized carbons (Fsp3) is 0.238. The van der Waals surface area contributed by atoms with E-state index in [0.29, 0.717) is 17.2 Å². The first kappa shape index (κ1) is 20.1. The van der Waals surface area contributed by atoms with E-state index in [2.05, 4.69) is 15.6 Å². The Kier molecular flexibility index (Phi) is 6.23. The molecule has 3 N–H and O–H groups in total. The number of amides is 2. The normalized spacial score (nSPS) is 11.6. The summed E-state index contributed by atoms with van der Waals surface area (Å²) in [7, 11) is 4.31. The Labute approximate surface area is 168 Å². The number of hydrogen-bond donors (Lipinski definition) is 3. The van der Waals surface area contributed by atoms with Crippen LogP contribution in [-0.2, 0) is 16.0 Å². The Balaban J connectivity index is 1.77. The molecule has 2 aromatic carbocycles. The van der Waals surface area contributed by atoms with Crippen molar-refractivity contribution in [1.29, 1.82) is 0 Å². The number of methoxy groups -OCH3 is 3. The van der Waals surface area contributed by atoms with Gasteiger partial charge in [0, 0.05) is 29.6 Å². The molecule has 29 heavy (non-hydrogen) atoms. The number of H-pyrrole nitrogens is 1. The van der Waals surface area contributed by atoms with Gasteiger partial charge in [0.25, 0.3) is 0 Å². The molecule has 0 radical (unpaired) electrons. The van der Waals surface area contributed by atoms with Gasteiger partial charge in [0.05, 0.1) is 27.0 Å². The zero-order valence-corrected chi connectivity index (χ0v) is 16.4. The Bertz CT molecular complexity index is 1010. The zero-order valence-electron chi connectivity index (χ0n) is 16.4. The molecule has 0 aliphatic rings. The molecule has 8 nitrogen and oxygen atoms in total. The maximum absolute atomic E-state index is 12.6. The minimum atomic E-state index is -0.865. The number of hydrogen-bond acceptors (Lipinski definition) is 5. The molecule has 0 aliphatic heterocycles. The first-order valence-electron chi connectivity index (χ1n) is 8.98. The minimum Gasteiger partial charge on any atom is -0.497 e. The van der Waals surface area contributed by atoms with Crippen molar-refractivity contribution < 1.29 is 23.8 Å². The second-order valence-corrected chi connectivity index (χ2v) is 6.30. The first-order valence-corrected chi connectivity index (χ1v) is 8.98. The van der Waals surface area contributed by atoms with Gasteiger partial charge in [0.1, 0.15) is 17.5 Å². The van der Waals surface area contributed by atoms with E-state index in [4.69, 9.17) is 14.2 Å². The number of fused-ring (bicyclic) bond motifs is 1. The van der Waals surface area contributed by atoms with Crippen molar-refractivity contribution in [3.8, 4) is 11.5 Å².